The van der Waals surface area contributed by atoms with Crippen LogP contribution >= 0.6 is 0 Å². The molecular weight excluding hydrogens is 888 g/mol. The van der Waals surface area contributed by atoms with Crippen molar-refractivity contribution in [1.29, 1.82) is 0 Å². The van der Waals surface area contributed by atoms with E-state index in [9.17, 15) is 27.2 Å². The molecule has 4 aliphatic heterocycles. The second-order valence-corrected chi connectivity index (χ2v) is 19.8. The van der Waals surface area contributed by atoms with Crippen molar-refractivity contribution in [3.05, 3.63) is 119 Å². The largest absolute Gasteiger partial charge is 0.490 e. The van der Waals surface area contributed by atoms with Gasteiger partial charge in [0.05, 0.1) is 23.5 Å². The number of piperidine rings is 2. The number of aromatic nitrogens is 2. The van der Waals surface area contributed by atoms with E-state index in [1.165, 1.54) is 6.20 Å². The first-order valence-corrected chi connectivity index (χ1v) is 24.2. The molecule has 18 heteroatoms. The van der Waals surface area contributed by atoms with Crippen LogP contribution in [0.15, 0.2) is 85.3 Å². The number of nitrogens with one attached hydrogen (secondary N) is 3. The molecular formula is C49H50F3N7O7S. The highest BCUT2D eigenvalue weighted by Crippen LogP contribution is 2.35. The third-order valence-electron chi connectivity index (χ3n) is 13.6. The summed E-state index contributed by atoms with van der Waals surface area (Å²) in [7, 11) is -4.36. The average Bonchev–Trinajstić information content (AvgIpc) is 4.05. The van der Waals surface area contributed by atoms with Crippen LogP contribution in [-0.4, -0.2) is 102 Å². The third kappa shape index (κ3) is 9.01. The number of allylic oxidation sites excluding steroid dienone is 1. The third-order valence-corrected chi connectivity index (χ3v) is 15.1. The Morgan fingerprint density at radius 2 is 1.69 bits per heavy atom. The van der Waals surface area contributed by atoms with E-state index in [-0.39, 0.29) is 48.7 Å². The fraction of sp³-hybridized carbons (Fsp3) is 0.388. The van der Waals surface area contributed by atoms with Crippen molar-refractivity contribution in [1.82, 2.24) is 24.5 Å². The molecule has 2 unspecified atom stereocenters. The number of aromatic amines is 1. The molecule has 4 atom stereocenters. The number of halogens is 3. The first kappa shape index (κ1) is 44.6. The Balaban J connectivity index is 0.736. The normalized spacial score (nSPS) is 22.9. The number of hydrogen-bond donors (Lipinski definition) is 3. The first-order valence-electron chi connectivity index (χ1n) is 22.8. The molecule has 1 saturated carbocycles. The number of hydrogen-bond acceptors (Lipinski definition) is 9. The van der Waals surface area contributed by atoms with E-state index >= 15 is 8.78 Å². The van der Waals surface area contributed by atoms with E-state index in [2.05, 4.69) is 32.8 Å². The summed E-state index contributed by atoms with van der Waals surface area (Å²) in [5.41, 5.74) is 3.43. The predicted octanol–water partition coefficient (Wildman–Crippen LogP) is 7.56. The van der Waals surface area contributed by atoms with Crippen molar-refractivity contribution in [3.8, 4) is 16.9 Å². The summed E-state index contributed by atoms with van der Waals surface area (Å²) >= 11 is 0. The quantitative estimate of drug-likeness (QED) is 0.107. The Labute approximate surface area is 385 Å². The summed E-state index contributed by atoms with van der Waals surface area (Å²) in [6.45, 7) is 5.45. The summed E-state index contributed by atoms with van der Waals surface area (Å²) in [5, 5.41) is 3.11. The Morgan fingerprint density at radius 3 is 2.45 bits per heavy atom. The fourth-order valence-corrected chi connectivity index (χ4v) is 11.3. The van der Waals surface area contributed by atoms with Gasteiger partial charge in [0, 0.05) is 85.0 Å². The molecule has 3 aromatic carbocycles. The predicted molar refractivity (Wildman–Crippen MR) is 245 cm³/mol. The van der Waals surface area contributed by atoms with Crippen LogP contribution in [0.1, 0.15) is 89.6 Å². The second-order valence-electron chi connectivity index (χ2n) is 18.1. The Bertz CT molecular complexity index is 2890. The number of rotatable bonds is 12. The molecule has 0 radical (unpaired) electrons. The summed E-state index contributed by atoms with van der Waals surface area (Å²) in [6, 6.07) is 16.4. The topological polar surface area (TPSA) is 166 Å². The lowest BCUT2D eigenvalue weighted by Gasteiger charge is -2.37. The number of alkyl halides is 1. The van der Waals surface area contributed by atoms with Crippen LogP contribution in [0.2, 0.25) is 0 Å². The SMILES string of the molecule is C=C1CCC(N2Cc3cc(N4CCC(OC5CCC[C@@H](Oc6ccc(-c7cnc8[nH]cc(C(=O)c9c(F)ccc(NS(=O)(=O)N%10CC[C@@H](F)C%10)c9F)c8c7)cc6)C5)CC4)ccc3C2=O)C(=O)N1. The summed E-state index contributed by atoms with van der Waals surface area (Å²) in [5.74, 6) is -3.17. The second kappa shape index (κ2) is 18.1. The van der Waals surface area contributed by atoms with E-state index in [1.807, 2.05) is 41.1 Å². The monoisotopic (exact) mass is 937 g/mol. The van der Waals surface area contributed by atoms with Gasteiger partial charge < -0.3 is 29.6 Å². The van der Waals surface area contributed by atoms with Crippen LogP contribution in [-0.2, 0) is 26.3 Å². The lowest BCUT2D eigenvalue weighted by molar-refractivity contribution is -0.126. The van der Waals surface area contributed by atoms with Gasteiger partial charge in [0.1, 0.15) is 35.5 Å². The minimum atomic E-state index is -4.36. The van der Waals surface area contributed by atoms with E-state index in [1.54, 1.807) is 17.2 Å². The number of ether oxygens (including phenoxy) is 2. The van der Waals surface area contributed by atoms with Crippen molar-refractivity contribution in [2.45, 2.75) is 94.9 Å². The maximum absolute atomic E-state index is 15.8. The van der Waals surface area contributed by atoms with E-state index in [4.69, 9.17) is 9.47 Å². The number of nitrogens with zero attached hydrogens (tertiary/aromatic N) is 4. The molecule has 350 valence electrons. The van der Waals surface area contributed by atoms with E-state index in [0.717, 1.165) is 84.9 Å². The smallest absolute Gasteiger partial charge is 0.301 e. The molecule has 5 aliphatic rings. The number of fused-ring (bicyclic) bond motifs is 2. The summed E-state index contributed by atoms with van der Waals surface area (Å²) in [6.07, 6.45) is 8.35. The summed E-state index contributed by atoms with van der Waals surface area (Å²) in [4.78, 5) is 51.0. The number of benzene rings is 3. The van der Waals surface area contributed by atoms with Crippen molar-refractivity contribution < 1.29 is 45.4 Å². The molecule has 4 fully saturated rings. The zero-order chi connectivity index (χ0) is 46.6. The number of carbonyl (C=O) groups excluding carboxylic acids is 3. The van der Waals surface area contributed by atoms with Crippen molar-refractivity contribution in [2.24, 2.45) is 0 Å². The van der Waals surface area contributed by atoms with Gasteiger partial charge in [-0.3, -0.25) is 19.1 Å². The first-order chi connectivity index (χ1) is 32.3. The van der Waals surface area contributed by atoms with Crippen molar-refractivity contribution in [3.63, 3.8) is 0 Å². The molecule has 10 rings (SSSR count). The minimum Gasteiger partial charge on any atom is -0.490 e. The van der Waals surface area contributed by atoms with Gasteiger partial charge in [0.25, 0.3) is 5.91 Å². The minimum absolute atomic E-state index is 0.000267. The van der Waals surface area contributed by atoms with Crippen LogP contribution in [0, 0.1) is 11.6 Å². The molecule has 14 nitrogen and oxygen atoms in total. The molecule has 3 saturated heterocycles. The van der Waals surface area contributed by atoms with Gasteiger partial charge in [0.2, 0.25) is 11.7 Å². The van der Waals surface area contributed by atoms with Gasteiger partial charge in [-0.05, 0) is 111 Å². The number of ketones is 1. The maximum atomic E-state index is 15.8. The van der Waals surface area contributed by atoms with Gasteiger partial charge in [-0.15, -0.1) is 0 Å². The number of carbonyl (C=O) groups is 3. The molecule has 1 aliphatic carbocycles. The Morgan fingerprint density at radius 1 is 0.896 bits per heavy atom. The highest BCUT2D eigenvalue weighted by atomic mass is 32.2. The molecule has 0 bridgehead atoms. The lowest BCUT2D eigenvalue weighted by atomic mass is 9.94. The number of H-pyrrole nitrogens is 1. The van der Waals surface area contributed by atoms with Crippen LogP contribution < -0.4 is 19.7 Å². The Kier molecular flexibility index (Phi) is 12.0. The number of pyridine rings is 1. The molecule has 5 aromatic rings. The molecule has 2 amide bonds. The van der Waals surface area contributed by atoms with Gasteiger partial charge >= 0.3 is 10.2 Å². The highest BCUT2D eigenvalue weighted by molar-refractivity contribution is 7.90. The highest BCUT2D eigenvalue weighted by Gasteiger charge is 2.39. The zero-order valence-corrected chi connectivity index (χ0v) is 37.4. The maximum Gasteiger partial charge on any atom is 0.301 e. The van der Waals surface area contributed by atoms with Gasteiger partial charge in [-0.25, -0.2) is 18.2 Å². The van der Waals surface area contributed by atoms with Crippen molar-refractivity contribution in [2.75, 3.05) is 35.8 Å². The van der Waals surface area contributed by atoms with Crippen LogP contribution in [0.3, 0.4) is 0 Å². The summed E-state index contributed by atoms with van der Waals surface area (Å²) < 4.78 is 86.3. The Hall–Kier alpha value is -6.24. The molecule has 2 aromatic heterocycles. The van der Waals surface area contributed by atoms with E-state index < -0.39 is 57.6 Å². The average molecular weight is 938 g/mol. The fourth-order valence-electron chi connectivity index (χ4n) is 10.0. The van der Waals surface area contributed by atoms with Crippen molar-refractivity contribution >= 4 is 50.2 Å². The van der Waals surface area contributed by atoms with Gasteiger partial charge in [0.15, 0.2) is 5.82 Å². The van der Waals surface area contributed by atoms with Crippen LogP contribution in [0.4, 0.5) is 24.5 Å². The lowest BCUT2D eigenvalue weighted by Crippen LogP contribution is -2.49. The molecule has 0 spiro atoms. The van der Waals surface area contributed by atoms with Crippen LogP contribution in [0.5, 0.6) is 5.75 Å². The van der Waals surface area contributed by atoms with Gasteiger partial charge in [-0.1, -0.05) is 18.7 Å². The molecule has 6 heterocycles. The number of anilines is 2. The van der Waals surface area contributed by atoms with E-state index in [0.29, 0.717) is 53.0 Å². The van der Waals surface area contributed by atoms with Gasteiger partial charge in [-0.2, -0.15) is 12.7 Å². The molecule has 3 N–H and O–H groups in total. The molecule has 67 heavy (non-hydrogen) atoms. The van der Waals surface area contributed by atoms with Crippen LogP contribution in [0.25, 0.3) is 22.2 Å². The number of amides is 2. The zero-order valence-electron chi connectivity index (χ0n) is 36.6. The standard InChI is InChI=1S/C49H50F3N7O7S/c1-28-5-14-43(48(61)55-28)59-26-31-21-33(8-11-38(31)49(59)62)57-18-16-35(17-19-57)66-37-4-2-3-36(23-37)65-34-9-6-29(7-10-34)30-22-39-40(25-54-47(39)53-24-30)46(60)44-41(51)12-13-42(45(44)52)56-67(63,64)58-20-15-32(50)27-58/h6-13,21-22,24-25,32,35-37,43,56H,1-5,14-20,23,26-27H2,(H,53,54)(H,55,61)/t32-,36-,37?,43?/m1/s1.